The van der Waals surface area contributed by atoms with E-state index in [0.717, 1.165) is 65.2 Å². The number of nitrogens with zero attached hydrogens (tertiary/aromatic N) is 5. The number of hydrogen-bond acceptors (Lipinski definition) is 8. The van der Waals surface area contributed by atoms with Crippen LogP contribution in [0.25, 0.3) is 54.1 Å². The maximum Gasteiger partial charge on any atom is 0.339 e. The molecule has 0 bridgehead atoms. The highest BCUT2D eigenvalue weighted by Gasteiger charge is 2.33. The highest BCUT2D eigenvalue weighted by molar-refractivity contribution is 7.22. The fourth-order valence-electron chi connectivity index (χ4n) is 5.29. The first kappa shape index (κ1) is 28.9. The molecule has 0 aliphatic carbocycles. The van der Waals surface area contributed by atoms with Crippen molar-refractivity contribution in [1.82, 2.24) is 24.7 Å². The maximum absolute atomic E-state index is 13.2. The SMILES string of the molecule is COC(=O)C(OC(C)(C)C)c1c(C)cc2nc(-c3ccc4c(c3)c(-c3cncnc3)nn4C)sc2c1-c1ccc(Cl)cc1. The van der Waals surface area contributed by atoms with Crippen molar-refractivity contribution in [1.29, 1.82) is 0 Å². The monoisotopic (exact) mass is 611 g/mol. The number of ether oxygens (including phenoxy) is 2. The zero-order valence-electron chi connectivity index (χ0n) is 24.7. The van der Waals surface area contributed by atoms with Crippen LogP contribution in [-0.4, -0.2) is 43.4 Å². The van der Waals surface area contributed by atoms with Crippen molar-refractivity contribution in [2.24, 2.45) is 7.05 Å². The van der Waals surface area contributed by atoms with Crippen molar-refractivity contribution in [2.75, 3.05) is 7.11 Å². The normalized spacial score (nSPS) is 12.6. The summed E-state index contributed by atoms with van der Waals surface area (Å²) >= 11 is 7.85. The molecule has 0 saturated heterocycles. The van der Waals surface area contributed by atoms with E-state index in [2.05, 4.69) is 28.2 Å². The van der Waals surface area contributed by atoms with Gasteiger partial charge >= 0.3 is 5.97 Å². The lowest BCUT2D eigenvalue weighted by atomic mass is 9.91. The first-order valence-electron chi connectivity index (χ1n) is 13.7. The van der Waals surface area contributed by atoms with Crippen molar-refractivity contribution >= 4 is 50.0 Å². The summed E-state index contributed by atoms with van der Waals surface area (Å²) in [7, 11) is 3.31. The van der Waals surface area contributed by atoms with Gasteiger partial charge in [-0.1, -0.05) is 23.7 Å². The van der Waals surface area contributed by atoms with Gasteiger partial charge in [-0.15, -0.1) is 11.3 Å². The summed E-state index contributed by atoms with van der Waals surface area (Å²) in [4.78, 5) is 26.7. The Balaban J connectivity index is 1.59. The molecule has 218 valence electrons. The smallest absolute Gasteiger partial charge is 0.339 e. The molecule has 0 N–H and O–H groups in total. The van der Waals surface area contributed by atoms with E-state index in [0.29, 0.717) is 5.02 Å². The summed E-state index contributed by atoms with van der Waals surface area (Å²) in [5.41, 5.74) is 7.23. The average Bonchev–Trinajstić information content (AvgIpc) is 3.56. The second-order valence-electron chi connectivity index (χ2n) is 11.3. The second kappa shape index (κ2) is 11.1. The molecular formula is C33H30ClN5O3S. The molecule has 0 aliphatic heterocycles. The number of methoxy groups -OCH3 is 1. The molecule has 0 spiro atoms. The quantitative estimate of drug-likeness (QED) is 0.176. The van der Waals surface area contributed by atoms with Gasteiger partial charge in [-0.3, -0.25) is 4.68 Å². The Hall–Kier alpha value is -4.18. The number of halogens is 1. The zero-order valence-corrected chi connectivity index (χ0v) is 26.2. The van der Waals surface area contributed by atoms with Gasteiger partial charge in [0.25, 0.3) is 0 Å². The van der Waals surface area contributed by atoms with Crippen LogP contribution in [0.5, 0.6) is 0 Å². The summed E-state index contributed by atoms with van der Waals surface area (Å²) in [6, 6.07) is 15.8. The predicted molar refractivity (Wildman–Crippen MR) is 171 cm³/mol. The van der Waals surface area contributed by atoms with Crippen LogP contribution < -0.4 is 0 Å². The second-order valence-corrected chi connectivity index (χ2v) is 12.8. The number of thiazole rings is 1. The summed E-state index contributed by atoms with van der Waals surface area (Å²) < 4.78 is 14.4. The summed E-state index contributed by atoms with van der Waals surface area (Å²) in [5.74, 6) is -0.461. The molecule has 3 aromatic heterocycles. The summed E-state index contributed by atoms with van der Waals surface area (Å²) in [6.07, 6.45) is 4.10. The van der Waals surface area contributed by atoms with E-state index < -0.39 is 17.7 Å². The Morgan fingerprint density at radius 1 is 1.00 bits per heavy atom. The van der Waals surface area contributed by atoms with E-state index in [9.17, 15) is 4.79 Å². The van der Waals surface area contributed by atoms with Crippen LogP contribution in [0.4, 0.5) is 0 Å². The van der Waals surface area contributed by atoms with E-state index in [1.54, 1.807) is 23.7 Å². The lowest BCUT2D eigenvalue weighted by Gasteiger charge is -2.28. The molecule has 0 aliphatic rings. The first-order chi connectivity index (χ1) is 20.5. The minimum absolute atomic E-state index is 0.461. The van der Waals surface area contributed by atoms with Gasteiger partial charge in [-0.05, 0) is 75.2 Å². The van der Waals surface area contributed by atoms with Gasteiger partial charge in [0.15, 0.2) is 6.10 Å². The van der Waals surface area contributed by atoms with Crippen molar-refractivity contribution in [3.8, 4) is 33.0 Å². The Morgan fingerprint density at radius 3 is 2.37 bits per heavy atom. The van der Waals surface area contributed by atoms with E-state index in [1.807, 2.05) is 69.8 Å². The fraction of sp³-hybridized carbons (Fsp3) is 0.242. The van der Waals surface area contributed by atoms with Gasteiger partial charge in [-0.25, -0.2) is 19.7 Å². The molecule has 8 nitrogen and oxygen atoms in total. The Bertz CT molecular complexity index is 1980. The van der Waals surface area contributed by atoms with Gasteiger partial charge in [0, 0.05) is 52.1 Å². The molecule has 1 atom stereocenters. The lowest BCUT2D eigenvalue weighted by molar-refractivity contribution is -0.164. The van der Waals surface area contributed by atoms with Crippen molar-refractivity contribution in [3.63, 3.8) is 0 Å². The van der Waals surface area contributed by atoms with Crippen LogP contribution in [-0.2, 0) is 21.3 Å². The highest BCUT2D eigenvalue weighted by Crippen LogP contribution is 2.45. The van der Waals surface area contributed by atoms with E-state index in [-0.39, 0.29) is 0 Å². The van der Waals surface area contributed by atoms with Crippen LogP contribution in [0.1, 0.15) is 38.0 Å². The van der Waals surface area contributed by atoms with Crippen LogP contribution >= 0.6 is 22.9 Å². The molecule has 3 aromatic carbocycles. The number of rotatable bonds is 6. The van der Waals surface area contributed by atoms with Crippen LogP contribution in [0.3, 0.4) is 0 Å². The van der Waals surface area contributed by atoms with Gasteiger partial charge in [-0.2, -0.15) is 5.10 Å². The number of hydrogen-bond donors (Lipinski definition) is 0. The molecule has 43 heavy (non-hydrogen) atoms. The third-order valence-electron chi connectivity index (χ3n) is 7.14. The number of aromatic nitrogens is 5. The highest BCUT2D eigenvalue weighted by atomic mass is 35.5. The van der Waals surface area contributed by atoms with E-state index in [4.69, 9.17) is 31.2 Å². The fourth-order valence-corrected chi connectivity index (χ4v) is 6.54. The van der Waals surface area contributed by atoms with Gasteiger partial charge in [0.1, 0.15) is 17.0 Å². The molecule has 10 heteroatoms. The summed E-state index contributed by atoms with van der Waals surface area (Å²) in [6.45, 7) is 7.75. The largest absolute Gasteiger partial charge is 0.467 e. The minimum Gasteiger partial charge on any atom is -0.467 e. The van der Waals surface area contributed by atoms with Crippen LogP contribution in [0.15, 0.2) is 67.3 Å². The molecule has 0 radical (unpaired) electrons. The molecule has 0 amide bonds. The van der Waals surface area contributed by atoms with Crippen LogP contribution in [0.2, 0.25) is 5.02 Å². The number of benzene rings is 3. The Labute approximate surface area is 258 Å². The third kappa shape index (κ3) is 5.51. The van der Waals surface area contributed by atoms with Crippen molar-refractivity contribution in [2.45, 2.75) is 39.4 Å². The molecule has 0 fully saturated rings. The minimum atomic E-state index is -0.937. The van der Waals surface area contributed by atoms with E-state index in [1.165, 1.54) is 13.4 Å². The average molecular weight is 612 g/mol. The van der Waals surface area contributed by atoms with E-state index >= 15 is 0 Å². The topological polar surface area (TPSA) is 92.0 Å². The molecule has 6 aromatic rings. The third-order valence-corrected chi connectivity index (χ3v) is 8.53. The number of carbonyl (C=O) groups is 1. The van der Waals surface area contributed by atoms with Gasteiger partial charge in [0.05, 0.1) is 28.4 Å². The van der Waals surface area contributed by atoms with Gasteiger partial charge < -0.3 is 9.47 Å². The Kier molecular flexibility index (Phi) is 7.50. The van der Waals surface area contributed by atoms with Gasteiger partial charge in [0.2, 0.25) is 0 Å². The van der Waals surface area contributed by atoms with Crippen molar-refractivity contribution in [3.05, 3.63) is 83.4 Å². The number of esters is 1. The molecule has 3 heterocycles. The summed E-state index contributed by atoms with van der Waals surface area (Å²) in [5, 5.41) is 7.19. The Morgan fingerprint density at radius 2 is 1.70 bits per heavy atom. The van der Waals surface area contributed by atoms with Crippen LogP contribution in [0, 0.1) is 6.92 Å². The maximum atomic E-state index is 13.2. The predicted octanol–water partition coefficient (Wildman–Crippen LogP) is 7.97. The zero-order chi connectivity index (χ0) is 30.5. The molecule has 1 unspecified atom stereocenters. The molecular weight excluding hydrogens is 582 g/mol. The lowest BCUT2D eigenvalue weighted by Crippen LogP contribution is -2.29. The molecule has 6 rings (SSSR count). The number of fused-ring (bicyclic) bond motifs is 2. The number of aryl methyl sites for hydroxylation is 2. The number of carbonyl (C=O) groups excluding carboxylic acids is 1. The standard InChI is InChI=1S/C33H30ClN5O3S/c1-18-13-24-30(27(19-7-10-22(34)11-8-19)26(18)29(32(40)41-6)42-33(2,3)4)43-31(37-24)20-9-12-25-23(14-20)28(38-39(25)5)21-15-35-17-36-16-21/h7-17,29H,1-6H3. The molecule has 0 saturated carbocycles. The first-order valence-corrected chi connectivity index (χ1v) is 14.9. The van der Waals surface area contributed by atoms with Crippen molar-refractivity contribution < 1.29 is 14.3 Å².